The molecule has 1 aromatic rings. The van der Waals surface area contributed by atoms with Crippen LogP contribution in [0.3, 0.4) is 0 Å². The molecule has 2 rings (SSSR count). The van der Waals surface area contributed by atoms with Crippen molar-refractivity contribution in [1.29, 1.82) is 0 Å². The zero-order chi connectivity index (χ0) is 17.1. The smallest absolute Gasteiger partial charge is 0.343 e. The Balaban J connectivity index is 2.42. The summed E-state index contributed by atoms with van der Waals surface area (Å²) in [5, 5.41) is 1.51. The molecule has 0 bridgehead atoms. The first-order valence-electron chi connectivity index (χ1n) is 6.87. The summed E-state index contributed by atoms with van der Waals surface area (Å²) < 4.78 is 32.5. The number of halogens is 4. The maximum atomic E-state index is 14.0. The lowest BCUT2D eigenvalue weighted by Gasteiger charge is -2.10. The summed E-state index contributed by atoms with van der Waals surface area (Å²) in [5.74, 6) is -4.27. The number of ketones is 1. The Morgan fingerprint density at radius 1 is 1.39 bits per heavy atom. The van der Waals surface area contributed by atoms with Crippen molar-refractivity contribution < 1.29 is 23.1 Å². The van der Waals surface area contributed by atoms with Gasteiger partial charge >= 0.3 is 5.97 Å². The highest BCUT2D eigenvalue weighted by Gasteiger charge is 2.29. The number of ether oxygens (including phenoxy) is 1. The summed E-state index contributed by atoms with van der Waals surface area (Å²) in [6.07, 6.45) is 2.94. The van der Waals surface area contributed by atoms with Gasteiger partial charge in [0.15, 0.2) is 5.82 Å². The van der Waals surface area contributed by atoms with Crippen molar-refractivity contribution in [2.75, 3.05) is 6.61 Å². The number of benzene rings is 1. The minimum Gasteiger partial charge on any atom is -0.462 e. The zero-order valence-corrected chi connectivity index (χ0v) is 13.6. The largest absolute Gasteiger partial charge is 0.462 e. The molecule has 0 aromatic heterocycles. The Labute approximate surface area is 141 Å². The maximum Gasteiger partial charge on any atom is 0.343 e. The van der Waals surface area contributed by atoms with Crippen LogP contribution in [-0.4, -0.2) is 24.4 Å². The van der Waals surface area contributed by atoms with E-state index in [4.69, 9.17) is 27.9 Å². The van der Waals surface area contributed by atoms with Crippen molar-refractivity contribution in [1.82, 2.24) is 5.32 Å². The van der Waals surface area contributed by atoms with Crippen LogP contribution < -0.4 is 5.32 Å². The molecule has 1 saturated carbocycles. The van der Waals surface area contributed by atoms with E-state index in [0.29, 0.717) is 6.07 Å². The summed E-state index contributed by atoms with van der Waals surface area (Å²) in [4.78, 5) is 24.4. The molecule has 1 N–H and O–H groups in total. The van der Waals surface area contributed by atoms with Gasteiger partial charge in [0.05, 0.1) is 22.2 Å². The second-order valence-corrected chi connectivity index (χ2v) is 5.68. The molecule has 0 spiro atoms. The summed E-state index contributed by atoms with van der Waals surface area (Å²) >= 11 is 11.1. The molecule has 124 valence electrons. The molecule has 1 aromatic carbocycles. The zero-order valence-electron chi connectivity index (χ0n) is 12.1. The summed E-state index contributed by atoms with van der Waals surface area (Å²) in [6, 6.07) is 0.780. The number of Topliss-reactive ketones (excluding diaryl/α,β-unsaturated/α-hetero) is 1. The Morgan fingerprint density at radius 3 is 2.61 bits per heavy atom. The van der Waals surface area contributed by atoms with Crippen LogP contribution in [0, 0.1) is 11.6 Å². The molecule has 0 heterocycles. The highest BCUT2D eigenvalue weighted by Crippen LogP contribution is 2.31. The third kappa shape index (κ3) is 4.00. The van der Waals surface area contributed by atoms with Crippen molar-refractivity contribution in [3.05, 3.63) is 45.1 Å². The van der Waals surface area contributed by atoms with Crippen molar-refractivity contribution in [2.24, 2.45) is 0 Å². The second-order valence-electron chi connectivity index (χ2n) is 4.89. The number of carbonyl (C=O) groups is 2. The fraction of sp³-hybridized carbons (Fsp3) is 0.333. The Kier molecular flexibility index (Phi) is 5.59. The lowest BCUT2D eigenvalue weighted by atomic mass is 10.0. The van der Waals surface area contributed by atoms with Crippen LogP contribution in [0.1, 0.15) is 30.1 Å². The average Bonchev–Trinajstić information content (AvgIpc) is 3.29. The van der Waals surface area contributed by atoms with Gasteiger partial charge in [-0.25, -0.2) is 13.6 Å². The molecule has 0 aliphatic heterocycles. The predicted octanol–water partition coefficient (Wildman–Crippen LogP) is 3.65. The lowest BCUT2D eigenvalue weighted by Crippen LogP contribution is -2.21. The van der Waals surface area contributed by atoms with Gasteiger partial charge in [-0.3, -0.25) is 4.79 Å². The van der Waals surface area contributed by atoms with Crippen molar-refractivity contribution >= 4 is 35.0 Å². The summed E-state index contributed by atoms with van der Waals surface area (Å²) in [6.45, 7) is 1.59. The van der Waals surface area contributed by atoms with E-state index >= 15 is 0 Å². The van der Waals surface area contributed by atoms with Crippen LogP contribution in [0.15, 0.2) is 17.8 Å². The molecule has 23 heavy (non-hydrogen) atoms. The van der Waals surface area contributed by atoms with Crippen LogP contribution in [0.4, 0.5) is 8.78 Å². The Hall–Kier alpha value is -1.66. The minimum atomic E-state index is -1.13. The van der Waals surface area contributed by atoms with Crippen LogP contribution in [0.2, 0.25) is 10.0 Å². The molecule has 1 aliphatic rings. The highest BCUT2D eigenvalue weighted by molar-refractivity contribution is 6.39. The standard InChI is InChI=1S/C15H13Cl2F2NO3/c1-2-23-15(22)8(6-20-7-3-4-7)14(21)11-10(18)5-9(16)13(19)12(11)17/h5-7,20H,2-4H2,1H3. The van der Waals surface area contributed by atoms with Gasteiger partial charge in [-0.1, -0.05) is 23.2 Å². The van der Waals surface area contributed by atoms with E-state index in [1.807, 2.05) is 0 Å². The Bertz CT molecular complexity index is 688. The van der Waals surface area contributed by atoms with Crippen LogP contribution in [0.25, 0.3) is 0 Å². The van der Waals surface area contributed by atoms with E-state index in [0.717, 1.165) is 19.0 Å². The molecule has 0 amide bonds. The fourth-order valence-corrected chi connectivity index (χ4v) is 2.30. The number of hydrogen-bond donors (Lipinski definition) is 1. The van der Waals surface area contributed by atoms with E-state index in [9.17, 15) is 18.4 Å². The highest BCUT2D eigenvalue weighted by atomic mass is 35.5. The maximum absolute atomic E-state index is 14.0. The number of carbonyl (C=O) groups excluding carboxylic acids is 2. The van der Waals surface area contributed by atoms with E-state index in [1.54, 1.807) is 6.92 Å². The summed E-state index contributed by atoms with van der Waals surface area (Å²) in [7, 11) is 0. The first kappa shape index (κ1) is 17.7. The van der Waals surface area contributed by atoms with Gasteiger partial charge in [0.2, 0.25) is 5.78 Å². The van der Waals surface area contributed by atoms with Gasteiger partial charge in [0.25, 0.3) is 0 Å². The first-order chi connectivity index (χ1) is 10.9. The van der Waals surface area contributed by atoms with Crippen LogP contribution in [0.5, 0.6) is 0 Å². The normalized spacial score (nSPS) is 14.6. The van der Waals surface area contributed by atoms with Gasteiger partial charge in [0, 0.05) is 12.2 Å². The van der Waals surface area contributed by atoms with E-state index in [1.165, 1.54) is 0 Å². The molecule has 0 saturated heterocycles. The SMILES string of the molecule is CCOC(=O)C(=CNC1CC1)C(=O)c1c(F)cc(Cl)c(F)c1Cl. The van der Waals surface area contributed by atoms with Crippen LogP contribution in [-0.2, 0) is 9.53 Å². The molecular formula is C15H13Cl2F2NO3. The molecule has 0 radical (unpaired) electrons. The molecule has 1 fully saturated rings. The number of nitrogens with one attached hydrogen (secondary N) is 1. The predicted molar refractivity (Wildman–Crippen MR) is 81.6 cm³/mol. The van der Waals surface area contributed by atoms with E-state index in [-0.39, 0.29) is 12.6 Å². The van der Waals surface area contributed by atoms with Crippen molar-refractivity contribution in [3.8, 4) is 0 Å². The van der Waals surface area contributed by atoms with Crippen LogP contribution >= 0.6 is 23.2 Å². The molecule has 0 unspecified atom stereocenters. The molecule has 8 heteroatoms. The van der Waals surface area contributed by atoms with Gasteiger partial charge in [-0.15, -0.1) is 0 Å². The topological polar surface area (TPSA) is 55.4 Å². The second kappa shape index (κ2) is 7.27. The van der Waals surface area contributed by atoms with E-state index < -0.39 is 44.6 Å². The third-order valence-electron chi connectivity index (χ3n) is 3.12. The van der Waals surface area contributed by atoms with Gasteiger partial charge in [0.1, 0.15) is 11.4 Å². The van der Waals surface area contributed by atoms with E-state index in [2.05, 4.69) is 5.32 Å². The number of hydrogen-bond acceptors (Lipinski definition) is 4. The van der Waals surface area contributed by atoms with Crippen molar-refractivity contribution in [3.63, 3.8) is 0 Å². The lowest BCUT2D eigenvalue weighted by molar-refractivity contribution is -0.138. The minimum absolute atomic E-state index is 0.0259. The summed E-state index contributed by atoms with van der Waals surface area (Å²) in [5.41, 5.74) is -1.22. The average molecular weight is 364 g/mol. The van der Waals surface area contributed by atoms with Gasteiger partial charge in [-0.05, 0) is 25.8 Å². The Morgan fingerprint density at radius 2 is 2.04 bits per heavy atom. The number of esters is 1. The van der Waals surface area contributed by atoms with Crippen molar-refractivity contribution in [2.45, 2.75) is 25.8 Å². The molecular weight excluding hydrogens is 351 g/mol. The fourth-order valence-electron chi connectivity index (χ4n) is 1.79. The van der Waals surface area contributed by atoms with Gasteiger partial charge in [-0.2, -0.15) is 0 Å². The first-order valence-corrected chi connectivity index (χ1v) is 7.63. The monoisotopic (exact) mass is 363 g/mol. The molecule has 4 nitrogen and oxygen atoms in total. The molecule has 0 atom stereocenters. The number of rotatable bonds is 6. The van der Waals surface area contributed by atoms with Gasteiger partial charge < -0.3 is 10.1 Å². The molecule has 1 aliphatic carbocycles. The third-order valence-corrected chi connectivity index (χ3v) is 3.75. The quantitative estimate of drug-likeness (QED) is 0.159.